The normalized spacial score (nSPS) is 31.5. The van der Waals surface area contributed by atoms with E-state index in [0.29, 0.717) is 23.2 Å². The topological polar surface area (TPSA) is 113 Å². The van der Waals surface area contributed by atoms with Gasteiger partial charge in [-0.1, -0.05) is 0 Å². The summed E-state index contributed by atoms with van der Waals surface area (Å²) in [6.45, 7) is 2.92. The number of hydrogen-bond acceptors (Lipinski definition) is 6. The quantitative estimate of drug-likeness (QED) is 0.594. The number of nitrogens with two attached hydrogens (primary N) is 1. The molecule has 1 amide bonds. The number of aromatic nitrogens is 2. The number of rotatable bonds is 7. The van der Waals surface area contributed by atoms with Crippen LogP contribution in [0, 0.1) is 11.3 Å². The van der Waals surface area contributed by atoms with Gasteiger partial charge in [0.15, 0.2) is 0 Å². The number of carbonyl (C=O) groups is 1. The summed E-state index contributed by atoms with van der Waals surface area (Å²) in [7, 11) is 0. The highest BCUT2D eigenvalue weighted by molar-refractivity contribution is 5.97. The van der Waals surface area contributed by atoms with Gasteiger partial charge in [-0.05, 0) is 69.6 Å². The molecule has 2 bridgehead atoms. The summed E-state index contributed by atoms with van der Waals surface area (Å²) in [5.41, 5.74) is 5.62. The Morgan fingerprint density at radius 2 is 1.96 bits per heavy atom. The summed E-state index contributed by atoms with van der Waals surface area (Å²) in [6.07, 6.45) is 9.73. The van der Waals surface area contributed by atoms with Crippen LogP contribution in [0.5, 0.6) is 0 Å². The van der Waals surface area contributed by atoms with Crippen molar-refractivity contribution in [1.29, 1.82) is 0 Å². The van der Waals surface area contributed by atoms with Gasteiger partial charge in [-0.25, -0.2) is 4.98 Å². The van der Waals surface area contributed by atoms with Gasteiger partial charge in [0.25, 0.3) is 5.91 Å². The maximum Gasteiger partial charge on any atom is 0.254 e. The number of hydrogen-bond donors (Lipinski definition) is 4. The number of aliphatic hydroxyl groups is 1. The molecule has 1 heterocycles. The van der Waals surface area contributed by atoms with E-state index in [-0.39, 0.29) is 11.5 Å². The van der Waals surface area contributed by atoms with Gasteiger partial charge in [0.05, 0.1) is 11.2 Å². The number of primary amides is 1. The summed E-state index contributed by atoms with van der Waals surface area (Å²) in [4.78, 5) is 20.5. The smallest absolute Gasteiger partial charge is 0.254 e. The van der Waals surface area contributed by atoms with Crippen LogP contribution in [0.3, 0.4) is 0 Å². The van der Waals surface area contributed by atoms with E-state index < -0.39 is 11.5 Å². The van der Waals surface area contributed by atoms with Crippen LogP contribution in [0.1, 0.15) is 68.6 Å². The standard InChI is InChI=1S/C19H29N5O2/c1-12(13-2-3-13)23-16-14(15(20)25)10-21-17(24-16)22-11-18-4-7-19(26,8-5-18)9-6-18/h10,12-13,26H,2-9,11H2,1H3,(H2,20,25)(H2,21,22,23,24)/t12-,18?,19?/m1/s1. The molecule has 0 unspecified atom stereocenters. The zero-order valence-electron chi connectivity index (χ0n) is 15.4. The molecule has 26 heavy (non-hydrogen) atoms. The zero-order chi connectivity index (χ0) is 18.4. The third-order valence-electron chi connectivity index (χ3n) is 6.73. The van der Waals surface area contributed by atoms with Crippen molar-refractivity contribution in [3.8, 4) is 0 Å². The lowest BCUT2D eigenvalue weighted by molar-refractivity contribution is -0.0871. The van der Waals surface area contributed by atoms with Crippen LogP contribution < -0.4 is 16.4 Å². The monoisotopic (exact) mass is 359 g/mol. The van der Waals surface area contributed by atoms with Crippen LogP contribution >= 0.6 is 0 Å². The van der Waals surface area contributed by atoms with Gasteiger partial charge in [-0.3, -0.25) is 4.79 Å². The first-order chi connectivity index (χ1) is 12.4. The summed E-state index contributed by atoms with van der Waals surface area (Å²) < 4.78 is 0. The molecular weight excluding hydrogens is 330 g/mol. The van der Waals surface area contributed by atoms with E-state index in [1.54, 1.807) is 0 Å². The predicted octanol–water partition coefficient (Wildman–Crippen LogP) is 2.28. The molecule has 1 aromatic rings. The van der Waals surface area contributed by atoms with Gasteiger partial charge < -0.3 is 21.5 Å². The van der Waals surface area contributed by atoms with Crippen LogP contribution in [0.4, 0.5) is 11.8 Å². The SMILES string of the molecule is C[C@@H](Nc1nc(NCC23CCC(O)(CC2)CC3)ncc1C(N)=O)C1CC1. The number of anilines is 2. The number of nitrogens with zero attached hydrogens (tertiary/aromatic N) is 2. The number of nitrogens with one attached hydrogen (secondary N) is 2. The number of amides is 1. The Hall–Kier alpha value is -1.89. The lowest BCUT2D eigenvalue weighted by Gasteiger charge is -2.51. The third kappa shape index (κ3) is 3.49. The van der Waals surface area contributed by atoms with Crippen molar-refractivity contribution < 1.29 is 9.90 Å². The Morgan fingerprint density at radius 3 is 2.54 bits per heavy atom. The van der Waals surface area contributed by atoms with Gasteiger partial charge >= 0.3 is 0 Å². The highest BCUT2D eigenvalue weighted by Crippen LogP contribution is 2.52. The zero-order valence-corrected chi connectivity index (χ0v) is 15.4. The molecule has 4 aliphatic carbocycles. The molecule has 7 nitrogen and oxygen atoms in total. The van der Waals surface area contributed by atoms with Gasteiger partial charge in [0.1, 0.15) is 5.82 Å². The average molecular weight is 359 g/mol. The molecule has 142 valence electrons. The molecule has 7 heteroatoms. The second-order valence-electron chi connectivity index (χ2n) is 8.67. The van der Waals surface area contributed by atoms with E-state index in [1.165, 1.54) is 19.0 Å². The van der Waals surface area contributed by atoms with Crippen LogP contribution in [0.25, 0.3) is 0 Å². The van der Waals surface area contributed by atoms with Crippen LogP contribution in [-0.2, 0) is 0 Å². The van der Waals surface area contributed by atoms with Crippen LogP contribution in [0.2, 0.25) is 0 Å². The van der Waals surface area contributed by atoms with E-state index in [0.717, 1.165) is 45.1 Å². The third-order valence-corrected chi connectivity index (χ3v) is 6.73. The highest BCUT2D eigenvalue weighted by Gasteiger charge is 2.47. The Kier molecular flexibility index (Phi) is 4.29. The fourth-order valence-electron chi connectivity index (χ4n) is 4.46. The van der Waals surface area contributed by atoms with Crippen molar-refractivity contribution in [3.63, 3.8) is 0 Å². The molecule has 0 spiro atoms. The van der Waals surface area contributed by atoms with Crippen molar-refractivity contribution >= 4 is 17.7 Å². The maximum atomic E-state index is 11.7. The second kappa shape index (κ2) is 6.37. The molecular formula is C19H29N5O2. The Balaban J connectivity index is 1.45. The van der Waals surface area contributed by atoms with Crippen LogP contribution in [0.15, 0.2) is 6.20 Å². The first-order valence-electron chi connectivity index (χ1n) is 9.78. The van der Waals surface area contributed by atoms with E-state index in [4.69, 9.17) is 5.73 Å². The summed E-state index contributed by atoms with van der Waals surface area (Å²) in [5, 5.41) is 17.1. The van der Waals surface area contributed by atoms with Crippen LogP contribution in [-0.4, -0.2) is 39.2 Å². The fraction of sp³-hybridized carbons (Fsp3) is 0.737. The molecule has 0 aliphatic heterocycles. The highest BCUT2D eigenvalue weighted by atomic mass is 16.3. The van der Waals surface area contributed by atoms with Crippen molar-refractivity contribution in [2.45, 2.75) is 69.9 Å². The minimum atomic E-state index is -0.514. The first-order valence-corrected chi connectivity index (χ1v) is 9.78. The summed E-state index contributed by atoms with van der Waals surface area (Å²) in [5.74, 6) is 1.18. The first kappa shape index (κ1) is 17.5. The second-order valence-corrected chi connectivity index (χ2v) is 8.67. The lowest BCUT2D eigenvalue weighted by Crippen LogP contribution is -2.48. The molecule has 1 aromatic heterocycles. The largest absolute Gasteiger partial charge is 0.390 e. The van der Waals surface area contributed by atoms with E-state index in [9.17, 15) is 9.90 Å². The Labute approximate surface area is 154 Å². The van der Waals surface area contributed by atoms with Gasteiger partial charge in [0, 0.05) is 18.8 Å². The molecule has 0 saturated heterocycles. The van der Waals surface area contributed by atoms with E-state index >= 15 is 0 Å². The van der Waals surface area contributed by atoms with Crippen molar-refractivity contribution in [2.24, 2.45) is 17.1 Å². The molecule has 4 saturated carbocycles. The summed E-state index contributed by atoms with van der Waals surface area (Å²) in [6, 6.07) is 0.267. The van der Waals surface area contributed by atoms with Crippen molar-refractivity contribution in [2.75, 3.05) is 17.2 Å². The maximum absolute atomic E-state index is 11.7. The summed E-state index contributed by atoms with van der Waals surface area (Å²) >= 11 is 0. The van der Waals surface area contributed by atoms with Gasteiger partial charge in [0.2, 0.25) is 5.95 Å². The predicted molar refractivity (Wildman–Crippen MR) is 99.9 cm³/mol. The van der Waals surface area contributed by atoms with Gasteiger partial charge in [-0.2, -0.15) is 4.98 Å². The number of carbonyl (C=O) groups excluding carboxylic acids is 1. The van der Waals surface area contributed by atoms with Gasteiger partial charge in [-0.15, -0.1) is 0 Å². The Bertz CT molecular complexity index is 679. The minimum Gasteiger partial charge on any atom is -0.390 e. The molecule has 0 radical (unpaired) electrons. The van der Waals surface area contributed by atoms with E-state index in [2.05, 4.69) is 27.5 Å². The molecule has 1 atom stereocenters. The Morgan fingerprint density at radius 1 is 1.31 bits per heavy atom. The fourth-order valence-corrected chi connectivity index (χ4v) is 4.46. The molecule has 5 rings (SSSR count). The van der Waals surface area contributed by atoms with Crippen molar-refractivity contribution in [1.82, 2.24) is 9.97 Å². The number of fused-ring (bicyclic) bond motifs is 3. The lowest BCUT2D eigenvalue weighted by atomic mass is 9.58. The average Bonchev–Trinajstić information content (AvgIpc) is 3.46. The molecule has 5 N–H and O–H groups in total. The minimum absolute atomic E-state index is 0.227. The van der Waals surface area contributed by atoms with E-state index in [1.807, 2.05) is 0 Å². The molecule has 4 aliphatic rings. The molecule has 0 aromatic carbocycles. The molecule has 4 fully saturated rings. The van der Waals surface area contributed by atoms with Crippen molar-refractivity contribution in [3.05, 3.63) is 11.8 Å².